The van der Waals surface area contributed by atoms with Gasteiger partial charge in [-0.15, -0.1) is 0 Å². The highest BCUT2D eigenvalue weighted by Gasteiger charge is 2.34. The molecule has 0 aliphatic rings. The molecule has 1 N–H and O–H groups in total. The molecular weight excluding hydrogens is 574 g/mol. The smallest absolute Gasteiger partial charge is 0.264 e. The van der Waals surface area contributed by atoms with Crippen molar-refractivity contribution in [3.05, 3.63) is 126 Å². The molecule has 0 radical (unpaired) electrons. The van der Waals surface area contributed by atoms with Crippen LogP contribution < -0.4 is 14.4 Å². The average Bonchev–Trinajstić information content (AvgIpc) is 3.04. The van der Waals surface area contributed by atoms with E-state index in [1.165, 1.54) is 17.0 Å². The Morgan fingerprint density at radius 1 is 0.818 bits per heavy atom. The minimum atomic E-state index is -4.16. The molecule has 0 saturated carbocycles. The van der Waals surface area contributed by atoms with Gasteiger partial charge in [0, 0.05) is 19.5 Å². The van der Waals surface area contributed by atoms with Crippen LogP contribution in [0.4, 0.5) is 5.69 Å². The van der Waals surface area contributed by atoms with Gasteiger partial charge in [0.1, 0.15) is 18.3 Å². The zero-order valence-electron chi connectivity index (χ0n) is 25.3. The molecule has 0 aliphatic carbocycles. The molecule has 0 aliphatic heterocycles. The van der Waals surface area contributed by atoms with Crippen LogP contribution >= 0.6 is 0 Å². The van der Waals surface area contributed by atoms with E-state index in [2.05, 4.69) is 5.32 Å². The van der Waals surface area contributed by atoms with Gasteiger partial charge < -0.3 is 15.0 Å². The Kier molecular flexibility index (Phi) is 11.2. The van der Waals surface area contributed by atoms with E-state index in [0.717, 1.165) is 21.0 Å². The predicted molar refractivity (Wildman–Crippen MR) is 173 cm³/mol. The third kappa shape index (κ3) is 8.05. The Morgan fingerprint density at radius 2 is 1.43 bits per heavy atom. The van der Waals surface area contributed by atoms with E-state index < -0.39 is 28.5 Å². The average molecular weight is 614 g/mol. The number of aryl methyl sites for hydroxylation is 1. The van der Waals surface area contributed by atoms with E-state index in [-0.39, 0.29) is 23.8 Å². The lowest BCUT2D eigenvalue weighted by molar-refractivity contribution is -0.140. The van der Waals surface area contributed by atoms with Gasteiger partial charge >= 0.3 is 0 Å². The van der Waals surface area contributed by atoms with Gasteiger partial charge in [0.25, 0.3) is 10.0 Å². The summed E-state index contributed by atoms with van der Waals surface area (Å²) in [6, 6.07) is 30.9. The van der Waals surface area contributed by atoms with Crippen molar-refractivity contribution in [3.8, 4) is 5.75 Å². The molecule has 4 rings (SSSR count). The van der Waals surface area contributed by atoms with Gasteiger partial charge in [-0.25, -0.2) is 8.42 Å². The van der Waals surface area contributed by atoms with Crippen molar-refractivity contribution in [2.75, 3.05) is 24.0 Å². The number of nitrogens with one attached hydrogen (secondary N) is 1. The number of ether oxygens (including phenoxy) is 1. The number of likely N-dealkylation sites (N-methyl/N-ethyl adjacent to an activating group) is 1. The third-order valence-electron chi connectivity index (χ3n) is 7.27. The fourth-order valence-corrected chi connectivity index (χ4v) is 6.38. The van der Waals surface area contributed by atoms with Crippen molar-refractivity contribution in [2.45, 2.75) is 44.7 Å². The van der Waals surface area contributed by atoms with Gasteiger partial charge in [0.15, 0.2) is 0 Å². The number of rotatable bonds is 14. The van der Waals surface area contributed by atoms with E-state index in [1.807, 2.05) is 75.4 Å². The monoisotopic (exact) mass is 613 g/mol. The number of benzene rings is 4. The van der Waals surface area contributed by atoms with Crippen molar-refractivity contribution in [3.63, 3.8) is 0 Å². The number of amides is 2. The lowest BCUT2D eigenvalue weighted by atomic mass is 10.0. The first-order valence-electron chi connectivity index (χ1n) is 14.7. The minimum absolute atomic E-state index is 0.0525. The van der Waals surface area contributed by atoms with Crippen molar-refractivity contribution in [1.82, 2.24) is 10.2 Å². The standard InChI is InChI=1S/C35H39N3O5S/c1-4-36-35(40)33(24-28-15-8-6-9-16-28)37(25-29-17-13-12-14-27(29)3)34(39)26-38(30-20-22-31(23-21-30)43-5-2)44(41,42)32-18-10-7-11-19-32/h6-23,33H,4-5,24-26H2,1-3H3,(H,36,40)/t33-/m1/s1. The van der Waals surface area contributed by atoms with E-state index in [9.17, 15) is 18.0 Å². The summed E-state index contributed by atoms with van der Waals surface area (Å²) < 4.78 is 34.8. The summed E-state index contributed by atoms with van der Waals surface area (Å²) in [5.41, 5.74) is 3.01. The molecule has 0 bridgehead atoms. The summed E-state index contributed by atoms with van der Waals surface area (Å²) in [4.78, 5) is 29.6. The van der Waals surface area contributed by atoms with Crippen molar-refractivity contribution >= 4 is 27.5 Å². The van der Waals surface area contributed by atoms with E-state index in [1.54, 1.807) is 42.5 Å². The van der Waals surface area contributed by atoms with Gasteiger partial charge in [-0.1, -0.05) is 72.8 Å². The largest absolute Gasteiger partial charge is 0.494 e. The Labute approximate surface area is 260 Å². The quantitative estimate of drug-likeness (QED) is 0.207. The highest BCUT2D eigenvalue weighted by atomic mass is 32.2. The normalized spacial score (nSPS) is 11.8. The van der Waals surface area contributed by atoms with Crippen molar-refractivity contribution < 1.29 is 22.7 Å². The maximum atomic E-state index is 14.4. The van der Waals surface area contributed by atoms with Crippen LogP contribution in [0.2, 0.25) is 0 Å². The number of carbonyl (C=O) groups is 2. The molecule has 4 aromatic rings. The van der Waals surface area contributed by atoms with E-state index in [4.69, 9.17) is 4.74 Å². The number of anilines is 1. The van der Waals surface area contributed by atoms with Gasteiger partial charge in [-0.3, -0.25) is 13.9 Å². The van der Waals surface area contributed by atoms with Gasteiger partial charge in [0.2, 0.25) is 11.8 Å². The molecule has 9 heteroatoms. The number of carbonyl (C=O) groups excluding carboxylic acids is 2. The number of nitrogens with zero attached hydrogens (tertiary/aromatic N) is 2. The SMILES string of the molecule is CCNC(=O)[C@@H](Cc1ccccc1)N(Cc1ccccc1C)C(=O)CN(c1ccc(OCC)cc1)S(=O)(=O)c1ccccc1. The molecule has 2 amide bonds. The van der Waals surface area contributed by atoms with Crippen LogP contribution in [0.25, 0.3) is 0 Å². The maximum Gasteiger partial charge on any atom is 0.264 e. The second-order valence-corrected chi connectivity index (χ2v) is 12.2. The molecule has 0 aromatic heterocycles. The number of sulfonamides is 1. The summed E-state index contributed by atoms with van der Waals surface area (Å²) in [5.74, 6) is -0.231. The first-order chi connectivity index (χ1) is 21.2. The molecule has 8 nitrogen and oxygen atoms in total. The second-order valence-electron chi connectivity index (χ2n) is 10.3. The highest BCUT2D eigenvalue weighted by Crippen LogP contribution is 2.27. The topological polar surface area (TPSA) is 96.0 Å². The zero-order chi connectivity index (χ0) is 31.5. The number of hydrogen-bond acceptors (Lipinski definition) is 5. The van der Waals surface area contributed by atoms with Gasteiger partial charge in [0.05, 0.1) is 17.2 Å². The molecular formula is C35H39N3O5S. The Morgan fingerprint density at radius 3 is 2.05 bits per heavy atom. The highest BCUT2D eigenvalue weighted by molar-refractivity contribution is 7.92. The third-order valence-corrected chi connectivity index (χ3v) is 9.06. The fourth-order valence-electron chi connectivity index (χ4n) is 4.94. The molecule has 44 heavy (non-hydrogen) atoms. The molecule has 0 unspecified atom stereocenters. The first-order valence-corrected chi connectivity index (χ1v) is 16.1. The lowest BCUT2D eigenvalue weighted by Crippen LogP contribution is -2.53. The van der Waals surface area contributed by atoms with Crippen molar-refractivity contribution in [1.29, 1.82) is 0 Å². The second kappa shape index (κ2) is 15.2. The van der Waals surface area contributed by atoms with Crippen molar-refractivity contribution in [2.24, 2.45) is 0 Å². The molecule has 0 fully saturated rings. The lowest BCUT2D eigenvalue weighted by Gasteiger charge is -2.34. The van der Waals surface area contributed by atoms with Gasteiger partial charge in [-0.05, 0) is 73.9 Å². The van der Waals surface area contributed by atoms with Crippen LogP contribution in [-0.4, -0.2) is 50.9 Å². The van der Waals surface area contributed by atoms with E-state index in [0.29, 0.717) is 24.6 Å². The molecule has 0 spiro atoms. The molecule has 0 saturated heterocycles. The van der Waals surface area contributed by atoms with Gasteiger partial charge in [-0.2, -0.15) is 0 Å². The summed E-state index contributed by atoms with van der Waals surface area (Å²) in [6.45, 7) is 6.10. The van der Waals surface area contributed by atoms with Crippen LogP contribution in [0.5, 0.6) is 5.75 Å². The molecule has 4 aromatic carbocycles. The minimum Gasteiger partial charge on any atom is -0.494 e. The number of hydrogen-bond donors (Lipinski definition) is 1. The molecule has 1 atom stereocenters. The summed E-state index contributed by atoms with van der Waals surface area (Å²) in [5, 5.41) is 2.88. The Bertz CT molecular complexity index is 1630. The first kappa shape index (κ1) is 32.3. The predicted octanol–water partition coefficient (Wildman–Crippen LogP) is 5.37. The Hall–Kier alpha value is -4.63. The molecule has 0 heterocycles. The summed E-state index contributed by atoms with van der Waals surface area (Å²) in [6.07, 6.45) is 0.263. The fraction of sp³-hybridized carbons (Fsp3) is 0.257. The summed E-state index contributed by atoms with van der Waals surface area (Å²) >= 11 is 0. The summed E-state index contributed by atoms with van der Waals surface area (Å²) in [7, 11) is -4.16. The van der Waals surface area contributed by atoms with Crippen LogP contribution in [0, 0.1) is 6.92 Å². The Balaban J connectivity index is 1.79. The van der Waals surface area contributed by atoms with Crippen LogP contribution in [0.3, 0.4) is 0 Å². The van der Waals surface area contributed by atoms with E-state index >= 15 is 0 Å². The van der Waals surface area contributed by atoms with Crippen LogP contribution in [0.15, 0.2) is 114 Å². The zero-order valence-corrected chi connectivity index (χ0v) is 26.2. The molecule has 230 valence electrons. The van der Waals surface area contributed by atoms with Crippen LogP contribution in [0.1, 0.15) is 30.5 Å². The maximum absolute atomic E-state index is 14.4. The van der Waals surface area contributed by atoms with Crippen LogP contribution in [-0.2, 0) is 32.6 Å².